The number of hydrogen-bond acceptors (Lipinski definition) is 8. The normalized spacial score (nSPS) is 19.6. The van der Waals surface area contributed by atoms with Crippen molar-refractivity contribution in [2.24, 2.45) is 51.2 Å². The number of carbonyl (C=O) groups excluding carboxylic acids is 6. The molecule has 2 aliphatic heterocycles. The number of esters is 1. The fourth-order valence-corrected chi connectivity index (χ4v) is 7.53. The number of primary amides is 3. The van der Waals surface area contributed by atoms with Gasteiger partial charge in [-0.2, -0.15) is 13.5 Å². The number of methoxy groups -OCH3 is 1. The number of nitrogens with one attached hydrogen (secondary N) is 1. The summed E-state index contributed by atoms with van der Waals surface area (Å²) in [5.74, 6) is -0.352. The van der Waals surface area contributed by atoms with Crippen LogP contribution >= 0.6 is 13.5 Å². The van der Waals surface area contributed by atoms with E-state index in [1.54, 1.807) is 9.80 Å². The highest BCUT2D eigenvalue weighted by Crippen LogP contribution is 2.33. The lowest BCUT2D eigenvalue weighted by molar-refractivity contribution is -0.142. The van der Waals surface area contributed by atoms with Gasteiger partial charge in [0.2, 0.25) is 29.5 Å². The topological polar surface area (TPSA) is 208 Å². The summed E-state index contributed by atoms with van der Waals surface area (Å²) in [4.78, 5) is 72.3. The van der Waals surface area contributed by atoms with Gasteiger partial charge in [-0.25, -0.2) is 0 Å². The minimum absolute atomic E-state index is 0. The quantitative estimate of drug-likeness (QED) is 0.162. The van der Waals surface area contributed by atoms with Crippen LogP contribution in [0.5, 0.6) is 0 Å². The number of likely N-dealkylation sites (tertiary alicyclic amines) is 2. The summed E-state index contributed by atoms with van der Waals surface area (Å²) in [6, 6.07) is -1.18. The van der Waals surface area contributed by atoms with Gasteiger partial charge in [-0.05, 0) is 79.1 Å². The fraction of sp³-hybridized carbons (Fsp3) is 0.850. The second-order valence-electron chi connectivity index (χ2n) is 18.6. The molecule has 5 amide bonds. The third-order valence-electron chi connectivity index (χ3n) is 9.45. The predicted octanol–water partition coefficient (Wildman–Crippen LogP) is 4.64. The highest BCUT2D eigenvalue weighted by atomic mass is 32.1. The van der Waals surface area contributed by atoms with Crippen LogP contribution < -0.4 is 22.5 Å². The number of ether oxygens (including phenoxy) is 1. The van der Waals surface area contributed by atoms with E-state index in [4.69, 9.17) is 21.9 Å². The molecule has 0 radical (unpaired) electrons. The van der Waals surface area contributed by atoms with Crippen LogP contribution in [-0.2, 0) is 33.5 Å². The van der Waals surface area contributed by atoms with Crippen LogP contribution in [0.1, 0.15) is 141 Å². The Bertz CT molecular complexity index is 1150. The van der Waals surface area contributed by atoms with Gasteiger partial charge in [0.25, 0.3) is 0 Å². The molecular formula is C40H78N6O7S. The minimum Gasteiger partial charge on any atom is -0.469 e. The van der Waals surface area contributed by atoms with E-state index in [2.05, 4.69) is 67.6 Å². The van der Waals surface area contributed by atoms with E-state index in [1.165, 1.54) is 7.11 Å². The Kier molecular flexibility index (Phi) is 23.6. The van der Waals surface area contributed by atoms with Crippen LogP contribution in [0.3, 0.4) is 0 Å². The number of nitrogens with two attached hydrogens (primary N) is 3. The van der Waals surface area contributed by atoms with Crippen LogP contribution in [0.15, 0.2) is 0 Å². The minimum atomic E-state index is -0.424. The van der Waals surface area contributed by atoms with Crippen LogP contribution in [0.4, 0.5) is 0 Å². The third kappa shape index (κ3) is 21.3. The molecule has 13 nitrogen and oxygen atoms in total. The number of nitrogens with zero attached hydrogens (tertiary/aromatic N) is 2. The zero-order chi connectivity index (χ0) is 41.5. The van der Waals surface area contributed by atoms with Gasteiger partial charge in [-0.1, -0.05) is 83.1 Å². The number of amides is 5. The molecule has 0 aromatic heterocycles. The fourth-order valence-electron chi connectivity index (χ4n) is 7.53. The lowest BCUT2D eigenvalue weighted by Crippen LogP contribution is -2.45. The first-order chi connectivity index (χ1) is 24.2. The van der Waals surface area contributed by atoms with E-state index in [1.807, 2.05) is 20.8 Å². The van der Waals surface area contributed by atoms with E-state index in [0.29, 0.717) is 70.0 Å². The Hall–Kier alpha value is -2.87. The molecule has 316 valence electrons. The monoisotopic (exact) mass is 787 g/mol. The van der Waals surface area contributed by atoms with Crippen molar-refractivity contribution in [1.82, 2.24) is 15.1 Å². The van der Waals surface area contributed by atoms with Gasteiger partial charge in [0.15, 0.2) is 0 Å². The molecule has 0 bridgehead atoms. The molecule has 0 aromatic rings. The van der Waals surface area contributed by atoms with E-state index >= 15 is 0 Å². The highest BCUT2D eigenvalue weighted by molar-refractivity contribution is 7.59. The van der Waals surface area contributed by atoms with Crippen molar-refractivity contribution in [3.05, 3.63) is 0 Å². The maximum Gasteiger partial charge on any atom is 0.305 e. The summed E-state index contributed by atoms with van der Waals surface area (Å²) < 4.78 is 4.72. The summed E-state index contributed by atoms with van der Waals surface area (Å²) in [6.45, 7) is 27.0. The van der Waals surface area contributed by atoms with Crippen LogP contribution in [0, 0.1) is 34.0 Å². The molecule has 0 saturated carbocycles. The maximum absolute atomic E-state index is 11.9. The summed E-state index contributed by atoms with van der Waals surface area (Å²) in [5.41, 5.74) is 16.5. The first kappa shape index (κ1) is 53.2. The standard InChI is InChI=1S/C14H28N2O3.2C13H24N2O2.H2S/c1-6-11(13(15)18)16-9-10(7-12(17)19-5)8-14(2,3)4;2*1-5-10(12(14)17)15-8-9(6-11(15)16)7-13(2,3)4;/h10-11,16H,6-9H2,1-5H3,(H2,15,18);2*9-10H,5-8H2,1-4H3,(H2,14,17);1H2/t10?,11-;2*9?,10-;/m000./s1. The molecule has 2 heterocycles. The first-order valence-corrected chi connectivity index (χ1v) is 19.4. The SMILES string of the molecule is CC[C@@H](C(N)=O)N1CC(CC(C)(C)C)CC1=O.CC[C@@H](C(N)=O)N1CC(CC(C)(C)C)CC1=O.CC[C@H](NCC(CC(=O)OC)CC(C)(C)C)C(N)=O.S. The van der Waals surface area contributed by atoms with E-state index in [9.17, 15) is 28.8 Å². The average molecular weight is 787 g/mol. The van der Waals surface area contributed by atoms with Gasteiger partial charge in [-0.15, -0.1) is 0 Å². The van der Waals surface area contributed by atoms with Gasteiger partial charge in [0.1, 0.15) is 12.1 Å². The molecule has 7 N–H and O–H groups in total. The number of rotatable bonds is 16. The van der Waals surface area contributed by atoms with E-state index in [-0.39, 0.29) is 65.4 Å². The molecule has 0 aliphatic carbocycles. The van der Waals surface area contributed by atoms with Gasteiger partial charge in [-0.3, -0.25) is 28.8 Å². The molecular weight excluding hydrogens is 709 g/mol. The van der Waals surface area contributed by atoms with Crippen molar-refractivity contribution < 1.29 is 33.5 Å². The molecule has 54 heavy (non-hydrogen) atoms. The summed E-state index contributed by atoms with van der Waals surface area (Å²) in [7, 11) is 1.39. The highest BCUT2D eigenvalue weighted by Gasteiger charge is 2.38. The predicted molar refractivity (Wildman–Crippen MR) is 220 cm³/mol. The van der Waals surface area contributed by atoms with Gasteiger partial charge in [0.05, 0.1) is 13.2 Å². The van der Waals surface area contributed by atoms with Crippen molar-refractivity contribution in [2.45, 2.75) is 159 Å². The van der Waals surface area contributed by atoms with Crippen molar-refractivity contribution >= 4 is 49.0 Å². The lowest BCUT2D eigenvalue weighted by Gasteiger charge is -2.26. The van der Waals surface area contributed by atoms with Crippen LogP contribution in [0.2, 0.25) is 0 Å². The molecule has 6 atom stereocenters. The second kappa shape index (κ2) is 23.9. The van der Waals surface area contributed by atoms with Crippen molar-refractivity contribution in [2.75, 3.05) is 26.7 Å². The van der Waals surface area contributed by atoms with Crippen molar-refractivity contribution in [1.29, 1.82) is 0 Å². The first-order valence-electron chi connectivity index (χ1n) is 19.4. The maximum atomic E-state index is 11.9. The average Bonchev–Trinajstić information content (AvgIpc) is 3.51. The van der Waals surface area contributed by atoms with Gasteiger partial charge < -0.3 is 37.1 Å². The zero-order valence-corrected chi connectivity index (χ0v) is 36.9. The zero-order valence-electron chi connectivity index (χ0n) is 35.9. The van der Waals surface area contributed by atoms with Crippen LogP contribution in [-0.4, -0.2) is 90.2 Å². The Morgan fingerprint density at radius 2 is 1.09 bits per heavy atom. The molecule has 0 spiro atoms. The van der Waals surface area contributed by atoms with Crippen LogP contribution in [0.25, 0.3) is 0 Å². The third-order valence-corrected chi connectivity index (χ3v) is 9.45. The lowest BCUT2D eigenvalue weighted by atomic mass is 9.83. The van der Waals surface area contributed by atoms with E-state index in [0.717, 1.165) is 19.3 Å². The van der Waals surface area contributed by atoms with Crippen molar-refractivity contribution in [3.63, 3.8) is 0 Å². The summed E-state index contributed by atoms with van der Waals surface area (Å²) >= 11 is 0. The summed E-state index contributed by atoms with van der Waals surface area (Å²) in [6.07, 6.45) is 6.21. The van der Waals surface area contributed by atoms with Gasteiger partial charge in [0, 0.05) is 32.4 Å². The Morgan fingerprint density at radius 3 is 1.35 bits per heavy atom. The molecule has 2 rings (SSSR count). The van der Waals surface area contributed by atoms with Crippen molar-refractivity contribution in [3.8, 4) is 0 Å². The Morgan fingerprint density at radius 1 is 0.704 bits per heavy atom. The van der Waals surface area contributed by atoms with E-state index < -0.39 is 23.9 Å². The molecule has 14 heteroatoms. The summed E-state index contributed by atoms with van der Waals surface area (Å²) in [5, 5.41) is 3.14. The number of hydrogen-bond donors (Lipinski definition) is 4. The Labute approximate surface area is 333 Å². The second-order valence-corrected chi connectivity index (χ2v) is 18.6. The molecule has 2 aliphatic rings. The molecule has 3 unspecified atom stereocenters. The number of carbonyl (C=O) groups is 6. The largest absolute Gasteiger partial charge is 0.469 e. The molecule has 0 aromatic carbocycles. The molecule has 2 fully saturated rings. The Balaban J connectivity index is 0. The van der Waals surface area contributed by atoms with Gasteiger partial charge >= 0.3 is 5.97 Å². The molecule has 2 saturated heterocycles. The smallest absolute Gasteiger partial charge is 0.305 e.